The van der Waals surface area contributed by atoms with E-state index in [1.54, 1.807) is 24.3 Å². The fourth-order valence-corrected chi connectivity index (χ4v) is 10.00. The number of nitrogens with zero attached hydrogens (tertiary/aromatic N) is 2. The molecule has 4 aliphatic heterocycles. The van der Waals surface area contributed by atoms with Gasteiger partial charge in [0.15, 0.2) is 12.5 Å². The lowest BCUT2D eigenvalue weighted by molar-refractivity contribution is -0.138. The molecular weight excluding hydrogens is 632 g/mol. The van der Waals surface area contributed by atoms with Gasteiger partial charge in [0.05, 0.1) is 42.4 Å². The predicted octanol–water partition coefficient (Wildman–Crippen LogP) is 4.35. The molecule has 3 aromatic carbocycles. The molecule has 9 rings (SSSR count). The number of rotatable bonds is 5. The number of benzene rings is 3. The molecule has 3 aromatic rings. The van der Waals surface area contributed by atoms with Crippen molar-refractivity contribution in [2.75, 3.05) is 13.2 Å². The predicted molar refractivity (Wildman–Crippen MR) is 173 cm³/mol. The van der Waals surface area contributed by atoms with E-state index in [-0.39, 0.29) is 71.0 Å². The van der Waals surface area contributed by atoms with Gasteiger partial charge in [-0.25, -0.2) is 0 Å². The third-order valence-corrected chi connectivity index (χ3v) is 12.5. The molecule has 0 radical (unpaired) electrons. The summed E-state index contributed by atoms with van der Waals surface area (Å²) in [5.41, 5.74) is 3.00. The van der Waals surface area contributed by atoms with Crippen molar-refractivity contribution in [2.45, 2.75) is 74.2 Å². The van der Waals surface area contributed by atoms with Crippen LogP contribution in [-0.4, -0.2) is 72.6 Å². The van der Waals surface area contributed by atoms with Gasteiger partial charge in [0, 0.05) is 23.0 Å². The smallest absolute Gasteiger partial charge is 0.297 e. The van der Waals surface area contributed by atoms with Crippen molar-refractivity contribution >= 4 is 21.9 Å². The second kappa shape index (κ2) is 12.4. The number of aliphatic hydroxyl groups is 1. The zero-order chi connectivity index (χ0) is 33.2. The minimum Gasteiger partial charge on any atom is -0.393 e. The number of aliphatic hydroxyl groups excluding tert-OH is 1. The SMILES string of the molecule is Cc1ccc(S(=O)(=O)OC2CC3C(=O)N4[C@H](CO[C@H]4c4ccccc4)[C@H]3C2)cc1.O=C1C2CC(O)C[C@@H]2[C@H]2CO[C@@H](c3ccccc3)N12. The first-order chi connectivity index (χ1) is 23.2. The van der Waals surface area contributed by atoms with Crippen LogP contribution < -0.4 is 0 Å². The largest absolute Gasteiger partial charge is 0.393 e. The number of hydrogen-bond acceptors (Lipinski definition) is 8. The van der Waals surface area contributed by atoms with Crippen LogP contribution in [0.5, 0.6) is 0 Å². The van der Waals surface area contributed by atoms with Crippen molar-refractivity contribution in [3.8, 4) is 0 Å². The third-order valence-electron chi connectivity index (χ3n) is 11.1. The topological polar surface area (TPSA) is 123 Å². The van der Waals surface area contributed by atoms with Gasteiger partial charge < -0.3 is 24.4 Å². The van der Waals surface area contributed by atoms with Gasteiger partial charge in [-0.15, -0.1) is 0 Å². The van der Waals surface area contributed by atoms with E-state index in [1.807, 2.05) is 77.4 Å². The van der Waals surface area contributed by atoms with E-state index >= 15 is 0 Å². The van der Waals surface area contributed by atoms with E-state index in [1.165, 1.54) is 0 Å². The highest BCUT2D eigenvalue weighted by Crippen LogP contribution is 2.51. The zero-order valence-corrected chi connectivity index (χ0v) is 27.5. The van der Waals surface area contributed by atoms with Gasteiger partial charge in [0.25, 0.3) is 10.1 Å². The van der Waals surface area contributed by atoms with Crippen LogP contribution in [0.15, 0.2) is 89.8 Å². The van der Waals surface area contributed by atoms with Crippen molar-refractivity contribution < 1.29 is 36.8 Å². The van der Waals surface area contributed by atoms with E-state index in [0.717, 1.165) is 23.1 Å². The zero-order valence-electron chi connectivity index (χ0n) is 26.7. The van der Waals surface area contributed by atoms with Crippen LogP contribution in [0.1, 0.15) is 54.8 Å². The molecular formula is C37H40N2O8S. The molecule has 4 heterocycles. The van der Waals surface area contributed by atoms with Crippen molar-refractivity contribution in [2.24, 2.45) is 23.7 Å². The summed E-state index contributed by atoms with van der Waals surface area (Å²) in [5, 5.41) is 9.74. The molecule has 10 nitrogen and oxygen atoms in total. The lowest BCUT2D eigenvalue weighted by Crippen LogP contribution is -2.34. The highest BCUT2D eigenvalue weighted by molar-refractivity contribution is 7.86. The molecule has 10 atom stereocenters. The average molecular weight is 673 g/mol. The molecule has 0 bridgehead atoms. The molecule has 2 saturated carbocycles. The Labute approximate surface area is 280 Å². The Morgan fingerprint density at radius 3 is 1.73 bits per heavy atom. The maximum absolute atomic E-state index is 13.1. The summed E-state index contributed by atoms with van der Waals surface area (Å²) < 4.78 is 42.6. The summed E-state index contributed by atoms with van der Waals surface area (Å²) in [7, 11) is -3.84. The first kappa shape index (κ1) is 31.6. The first-order valence-electron chi connectivity index (χ1n) is 16.8. The molecule has 0 spiro atoms. The molecule has 6 aliphatic rings. The summed E-state index contributed by atoms with van der Waals surface area (Å²) in [6.45, 7) is 2.97. The number of hydrogen-bond donors (Lipinski definition) is 1. The van der Waals surface area contributed by atoms with Crippen LogP contribution in [0.25, 0.3) is 0 Å². The van der Waals surface area contributed by atoms with Crippen LogP contribution in [0.3, 0.4) is 0 Å². The second-order valence-corrected chi connectivity index (χ2v) is 15.5. The number of ether oxygens (including phenoxy) is 2. The normalized spacial score (nSPS) is 34.9. The van der Waals surface area contributed by atoms with Crippen molar-refractivity contribution in [3.05, 3.63) is 102 Å². The third kappa shape index (κ3) is 5.45. The quantitative estimate of drug-likeness (QED) is 0.397. The molecule has 2 aliphatic carbocycles. The number of carbonyl (C=O) groups excluding carboxylic acids is 2. The number of aryl methyl sites for hydroxylation is 1. The van der Waals surface area contributed by atoms with Crippen LogP contribution in [0.4, 0.5) is 0 Å². The van der Waals surface area contributed by atoms with Gasteiger partial charge in [-0.3, -0.25) is 13.8 Å². The Morgan fingerprint density at radius 1 is 0.688 bits per heavy atom. The van der Waals surface area contributed by atoms with Gasteiger partial charge in [-0.1, -0.05) is 78.4 Å². The molecule has 4 saturated heterocycles. The van der Waals surface area contributed by atoms with Gasteiger partial charge in [0.2, 0.25) is 11.8 Å². The minimum atomic E-state index is -3.84. The van der Waals surface area contributed by atoms with Crippen molar-refractivity contribution in [1.29, 1.82) is 0 Å². The highest BCUT2D eigenvalue weighted by atomic mass is 32.2. The Balaban J connectivity index is 0.000000153. The molecule has 48 heavy (non-hydrogen) atoms. The van der Waals surface area contributed by atoms with Gasteiger partial charge in [-0.05, 0) is 56.6 Å². The molecule has 0 aromatic heterocycles. The van der Waals surface area contributed by atoms with Crippen LogP contribution in [-0.2, 0) is 33.4 Å². The molecule has 6 fully saturated rings. The summed E-state index contributed by atoms with van der Waals surface area (Å²) in [6.07, 6.45) is 0.975. The molecule has 2 amide bonds. The Morgan fingerprint density at radius 2 is 1.19 bits per heavy atom. The average Bonchev–Trinajstić information content (AvgIpc) is 3.93. The maximum Gasteiger partial charge on any atom is 0.297 e. The van der Waals surface area contributed by atoms with E-state index < -0.39 is 16.2 Å². The van der Waals surface area contributed by atoms with E-state index in [9.17, 15) is 23.1 Å². The maximum atomic E-state index is 13.1. The molecule has 252 valence electrons. The second-order valence-electron chi connectivity index (χ2n) is 13.9. The molecule has 4 unspecified atom stereocenters. The van der Waals surface area contributed by atoms with E-state index in [4.69, 9.17) is 13.7 Å². The van der Waals surface area contributed by atoms with E-state index in [0.29, 0.717) is 32.5 Å². The molecule has 1 N–H and O–H groups in total. The fraction of sp³-hybridized carbons (Fsp3) is 0.459. The lowest BCUT2D eigenvalue weighted by atomic mass is 9.94. The lowest BCUT2D eigenvalue weighted by Gasteiger charge is -2.25. The number of amides is 2. The van der Waals surface area contributed by atoms with Crippen molar-refractivity contribution in [3.63, 3.8) is 0 Å². The Kier molecular flexibility index (Phi) is 8.16. The standard InChI is InChI=1S/C22H23NO5S.C15H17NO3/c1-14-7-9-17(10-8-14)29(25,26)28-16-11-18-19(12-16)21(24)23-20(18)13-27-22(23)15-5-3-2-4-6-15;17-10-6-11-12(7-10)14(18)16-13(11)8-19-15(16)9-4-2-1-3-5-9/h2-10,16,18-20,22H,11-13H2,1H3;1-5,10-13,15,17H,6-8H2/t16?,18-,19?,20+,22-;10?,11-,12?,13+,15-/m00/s1. The minimum absolute atomic E-state index is 0.00936. The summed E-state index contributed by atoms with van der Waals surface area (Å²) >= 11 is 0. The first-order valence-corrected chi connectivity index (χ1v) is 18.3. The van der Waals surface area contributed by atoms with Crippen molar-refractivity contribution in [1.82, 2.24) is 9.80 Å². The monoisotopic (exact) mass is 672 g/mol. The fourth-order valence-electron chi connectivity index (χ4n) is 8.90. The van der Waals surface area contributed by atoms with Crippen LogP contribution in [0, 0.1) is 30.6 Å². The van der Waals surface area contributed by atoms with E-state index in [2.05, 4.69) is 0 Å². The highest BCUT2D eigenvalue weighted by Gasteiger charge is 2.59. The van der Waals surface area contributed by atoms with Crippen LogP contribution in [0.2, 0.25) is 0 Å². The van der Waals surface area contributed by atoms with Gasteiger partial charge in [0.1, 0.15) is 0 Å². The van der Waals surface area contributed by atoms with Crippen LogP contribution >= 0.6 is 0 Å². The number of carbonyl (C=O) groups is 2. The Hall–Kier alpha value is -3.61. The summed E-state index contributed by atoms with van der Waals surface area (Å²) in [6, 6.07) is 26.4. The Bertz CT molecular complexity index is 1770. The van der Waals surface area contributed by atoms with Gasteiger partial charge >= 0.3 is 0 Å². The number of fused-ring (bicyclic) bond motifs is 6. The summed E-state index contributed by atoms with van der Waals surface area (Å²) in [5.74, 6) is 0.358. The summed E-state index contributed by atoms with van der Waals surface area (Å²) in [4.78, 5) is 29.6. The van der Waals surface area contributed by atoms with Gasteiger partial charge in [-0.2, -0.15) is 8.42 Å². The molecule has 11 heteroatoms.